The van der Waals surface area contributed by atoms with Gasteiger partial charge in [-0.25, -0.2) is 0 Å². The third-order valence-electron chi connectivity index (χ3n) is 0.289. The van der Waals surface area contributed by atoms with Crippen molar-refractivity contribution in [1.82, 2.24) is 0 Å². The molecule has 0 radical (unpaired) electrons. The van der Waals surface area contributed by atoms with E-state index in [1.54, 1.807) is 13.8 Å². The van der Waals surface area contributed by atoms with Crippen LogP contribution in [0.5, 0.6) is 0 Å². The van der Waals surface area contributed by atoms with Crippen LogP contribution in [0.2, 0.25) is 0 Å². The van der Waals surface area contributed by atoms with Crippen molar-refractivity contribution in [3.8, 4) is 0 Å². The number of allylic oxidation sites excluding steroid dienone is 1. The molecule has 1 nitrogen and oxygen atoms in total. The molecule has 1 heteroatoms. The lowest BCUT2D eigenvalue weighted by Crippen LogP contribution is -1.67. The minimum absolute atomic E-state index is 0.667. The van der Waals surface area contributed by atoms with Gasteiger partial charge in [0.15, 0.2) is 0 Å². The fourth-order valence-corrected chi connectivity index (χ4v) is 0. The number of rotatable bonds is 1. The van der Waals surface area contributed by atoms with Crippen LogP contribution in [0, 0.1) is 5.41 Å². The summed E-state index contributed by atoms with van der Waals surface area (Å²) in [4.78, 5) is 0. The molecule has 1 N–H and O–H groups in total. The lowest BCUT2D eigenvalue weighted by atomic mass is 10.5. The molecule has 68 valence electrons. The molecule has 0 spiro atoms. The zero-order valence-electron chi connectivity index (χ0n) is 8.70. The molecule has 0 bridgehead atoms. The second-order valence-electron chi connectivity index (χ2n) is 2.40. The van der Waals surface area contributed by atoms with E-state index in [9.17, 15) is 0 Å². The van der Waals surface area contributed by atoms with E-state index in [0.29, 0.717) is 5.71 Å². The van der Waals surface area contributed by atoms with Gasteiger partial charge in [0.25, 0.3) is 0 Å². The molecule has 0 aliphatic rings. The lowest BCUT2D eigenvalue weighted by Gasteiger charge is -1.63. The summed E-state index contributed by atoms with van der Waals surface area (Å²) in [5, 5.41) is 6.50. The molecule has 0 saturated carbocycles. The zero-order valence-corrected chi connectivity index (χ0v) is 8.70. The van der Waals surface area contributed by atoms with E-state index < -0.39 is 0 Å². The lowest BCUT2D eigenvalue weighted by molar-refractivity contribution is 1.09. The van der Waals surface area contributed by atoms with Crippen molar-refractivity contribution in [3.63, 3.8) is 0 Å². The average molecular weight is 157 g/mol. The molecule has 0 aromatic carbocycles. The van der Waals surface area contributed by atoms with Crippen LogP contribution in [0.25, 0.3) is 0 Å². The Morgan fingerprint density at radius 3 is 1.36 bits per heavy atom. The Hall–Kier alpha value is -0.590. The standard InChI is InChI=1S/C4H8.C3H7N.C3H8/c1-3-4-2;1-3(2)4;1-3-2/h3H,1,4H2,2H3;4H,1-2H3;3H2,1-2H3. The molecule has 11 heavy (non-hydrogen) atoms. The van der Waals surface area contributed by atoms with Gasteiger partial charge >= 0.3 is 0 Å². The third-order valence-corrected chi connectivity index (χ3v) is 0.289. The molecular formula is C10H23N. The van der Waals surface area contributed by atoms with Crippen molar-refractivity contribution in [1.29, 1.82) is 5.41 Å². The van der Waals surface area contributed by atoms with E-state index >= 15 is 0 Å². The molecule has 0 rings (SSSR count). The first-order chi connectivity index (χ1) is 5.06. The van der Waals surface area contributed by atoms with Gasteiger partial charge in [0.2, 0.25) is 0 Å². The minimum Gasteiger partial charge on any atom is -0.310 e. The van der Waals surface area contributed by atoms with Gasteiger partial charge in [0, 0.05) is 5.71 Å². The van der Waals surface area contributed by atoms with Crippen molar-refractivity contribution in [2.75, 3.05) is 0 Å². The Morgan fingerprint density at radius 1 is 1.27 bits per heavy atom. The molecule has 0 aliphatic carbocycles. The van der Waals surface area contributed by atoms with Crippen molar-refractivity contribution in [3.05, 3.63) is 12.7 Å². The Labute approximate surface area is 72.0 Å². The summed E-state index contributed by atoms with van der Waals surface area (Å²) in [5.74, 6) is 0. The largest absolute Gasteiger partial charge is 0.310 e. The van der Waals surface area contributed by atoms with Gasteiger partial charge in [0.05, 0.1) is 0 Å². The first kappa shape index (κ1) is 16.8. The molecule has 0 unspecified atom stereocenters. The van der Waals surface area contributed by atoms with Crippen molar-refractivity contribution in [2.45, 2.75) is 47.5 Å². The molecular weight excluding hydrogens is 134 g/mol. The highest BCUT2D eigenvalue weighted by atomic mass is 14.3. The molecule has 0 atom stereocenters. The Bertz CT molecular complexity index is 70.9. The van der Waals surface area contributed by atoms with E-state index in [4.69, 9.17) is 5.41 Å². The fraction of sp³-hybridized carbons (Fsp3) is 0.700. The smallest absolute Gasteiger partial charge is 0.00272 e. The summed E-state index contributed by atoms with van der Waals surface area (Å²) in [6.45, 7) is 13.3. The molecule has 0 aromatic rings. The van der Waals surface area contributed by atoms with Crippen LogP contribution >= 0.6 is 0 Å². The number of hydrogen-bond acceptors (Lipinski definition) is 1. The monoisotopic (exact) mass is 157 g/mol. The second-order valence-corrected chi connectivity index (χ2v) is 2.40. The summed E-state index contributed by atoms with van der Waals surface area (Å²) >= 11 is 0. The van der Waals surface area contributed by atoms with Crippen LogP contribution in [-0.2, 0) is 0 Å². The van der Waals surface area contributed by atoms with Crippen LogP contribution < -0.4 is 0 Å². The van der Waals surface area contributed by atoms with E-state index in [1.165, 1.54) is 6.42 Å². The second kappa shape index (κ2) is 22.7. The van der Waals surface area contributed by atoms with E-state index in [1.807, 2.05) is 6.08 Å². The van der Waals surface area contributed by atoms with Gasteiger partial charge in [0.1, 0.15) is 0 Å². The summed E-state index contributed by atoms with van der Waals surface area (Å²) in [7, 11) is 0. The molecule has 0 saturated heterocycles. The van der Waals surface area contributed by atoms with Crippen LogP contribution in [0.3, 0.4) is 0 Å². The molecule has 0 amide bonds. The topological polar surface area (TPSA) is 23.9 Å². The van der Waals surface area contributed by atoms with Crippen LogP contribution in [-0.4, -0.2) is 5.71 Å². The Kier molecular flexibility index (Phi) is 34.7. The van der Waals surface area contributed by atoms with Crippen LogP contribution in [0.15, 0.2) is 12.7 Å². The quantitative estimate of drug-likeness (QED) is 0.438. The first-order valence-corrected chi connectivity index (χ1v) is 4.19. The maximum atomic E-state index is 6.50. The average Bonchev–Trinajstić information content (AvgIpc) is 1.88. The Morgan fingerprint density at radius 2 is 1.36 bits per heavy atom. The van der Waals surface area contributed by atoms with Gasteiger partial charge < -0.3 is 5.41 Å². The number of hydrogen-bond donors (Lipinski definition) is 1. The highest BCUT2D eigenvalue weighted by Gasteiger charge is 1.55. The van der Waals surface area contributed by atoms with Crippen molar-refractivity contribution < 1.29 is 0 Å². The maximum absolute atomic E-state index is 6.50. The van der Waals surface area contributed by atoms with Crippen molar-refractivity contribution >= 4 is 5.71 Å². The fourth-order valence-electron chi connectivity index (χ4n) is 0. The first-order valence-electron chi connectivity index (χ1n) is 4.19. The Balaban J connectivity index is -0.0000000886. The SMILES string of the molecule is C=CCC.CC(C)=N.CCC. The van der Waals surface area contributed by atoms with Gasteiger partial charge in [-0.3, -0.25) is 0 Å². The van der Waals surface area contributed by atoms with Gasteiger partial charge in [-0.2, -0.15) is 0 Å². The summed E-state index contributed by atoms with van der Waals surface area (Å²) in [6, 6.07) is 0. The van der Waals surface area contributed by atoms with Gasteiger partial charge in [-0.1, -0.05) is 33.3 Å². The van der Waals surface area contributed by atoms with Crippen LogP contribution in [0.4, 0.5) is 0 Å². The normalized spacial score (nSPS) is 6.27. The highest BCUT2D eigenvalue weighted by Crippen LogP contribution is 1.66. The van der Waals surface area contributed by atoms with Crippen molar-refractivity contribution in [2.24, 2.45) is 0 Å². The van der Waals surface area contributed by atoms with Gasteiger partial charge in [-0.05, 0) is 20.3 Å². The van der Waals surface area contributed by atoms with Crippen LogP contribution in [0.1, 0.15) is 47.5 Å². The molecule has 0 heterocycles. The molecule has 0 fully saturated rings. The van der Waals surface area contributed by atoms with E-state index in [2.05, 4.69) is 27.4 Å². The summed E-state index contributed by atoms with van der Waals surface area (Å²) < 4.78 is 0. The van der Waals surface area contributed by atoms with Gasteiger partial charge in [-0.15, -0.1) is 6.58 Å². The molecule has 0 aromatic heterocycles. The minimum atomic E-state index is 0.667. The molecule has 0 aliphatic heterocycles. The highest BCUT2D eigenvalue weighted by molar-refractivity contribution is 5.75. The summed E-state index contributed by atoms with van der Waals surface area (Å²) in [5.41, 5.74) is 0.667. The predicted octanol–water partition coefficient (Wildman–Crippen LogP) is 4.04. The van der Waals surface area contributed by atoms with E-state index in [-0.39, 0.29) is 0 Å². The summed E-state index contributed by atoms with van der Waals surface area (Å²) in [6.07, 6.45) is 4.21. The maximum Gasteiger partial charge on any atom is 0.00272 e. The predicted molar refractivity (Wildman–Crippen MR) is 55.5 cm³/mol. The van der Waals surface area contributed by atoms with E-state index in [0.717, 1.165) is 6.42 Å². The number of nitrogens with one attached hydrogen (secondary N) is 1. The third kappa shape index (κ3) is 3070. The zero-order chi connectivity index (χ0) is 9.70.